The van der Waals surface area contributed by atoms with Gasteiger partial charge in [-0.05, 0) is 28.3 Å². The molecule has 0 aliphatic carbocycles. The zero-order valence-electron chi connectivity index (χ0n) is 17.0. The van der Waals surface area contributed by atoms with Gasteiger partial charge in [0.2, 0.25) is 6.10 Å². The van der Waals surface area contributed by atoms with Gasteiger partial charge in [-0.15, -0.1) is 0 Å². The van der Waals surface area contributed by atoms with E-state index in [0.29, 0.717) is 5.56 Å². The lowest BCUT2D eigenvalue weighted by Gasteiger charge is -2.35. The number of aromatic nitrogens is 1. The average molecular weight is 413 g/mol. The number of rotatable bonds is 7. The average Bonchev–Trinajstić information content (AvgIpc) is 2.74. The molecule has 9 heteroatoms. The van der Waals surface area contributed by atoms with E-state index in [2.05, 4.69) is 4.98 Å². The van der Waals surface area contributed by atoms with Crippen molar-refractivity contribution in [3.05, 3.63) is 58.1 Å². The number of amides is 1. The van der Waals surface area contributed by atoms with Crippen molar-refractivity contribution in [2.75, 3.05) is 11.5 Å². The molecule has 0 fully saturated rings. The van der Waals surface area contributed by atoms with Crippen molar-refractivity contribution in [1.82, 2.24) is 4.98 Å². The van der Waals surface area contributed by atoms with E-state index in [9.17, 15) is 19.7 Å². The van der Waals surface area contributed by atoms with Crippen LogP contribution >= 0.6 is 0 Å². The van der Waals surface area contributed by atoms with E-state index in [4.69, 9.17) is 9.47 Å². The highest BCUT2D eigenvalue weighted by atomic mass is 16.6. The number of ether oxygens (including phenoxy) is 2. The number of nitro groups is 1. The summed E-state index contributed by atoms with van der Waals surface area (Å²) in [6, 6.07) is 10.4. The van der Waals surface area contributed by atoms with Gasteiger partial charge in [0.1, 0.15) is 6.04 Å². The molecule has 158 valence electrons. The van der Waals surface area contributed by atoms with Gasteiger partial charge in [0, 0.05) is 11.6 Å². The quantitative estimate of drug-likeness (QED) is 0.388. The number of carbonyl (C=O) groups is 2. The second-order valence-electron chi connectivity index (χ2n) is 7.31. The van der Waals surface area contributed by atoms with Crippen LogP contribution in [-0.4, -0.2) is 34.4 Å². The molecule has 1 amide bonds. The molecule has 30 heavy (non-hydrogen) atoms. The van der Waals surface area contributed by atoms with Crippen LogP contribution in [0, 0.1) is 16.0 Å². The molecule has 1 aliphatic rings. The topological polar surface area (TPSA) is 112 Å². The number of nitrogens with zero attached hydrogens (tertiary/aromatic N) is 3. The second kappa shape index (κ2) is 8.89. The van der Waals surface area contributed by atoms with Gasteiger partial charge in [-0.1, -0.05) is 51.1 Å². The van der Waals surface area contributed by atoms with Crippen molar-refractivity contribution in [3.63, 3.8) is 0 Å². The minimum absolute atomic E-state index is 0.0604. The summed E-state index contributed by atoms with van der Waals surface area (Å²) in [5.74, 6) is -1.32. The first-order valence-electron chi connectivity index (χ1n) is 9.70. The van der Waals surface area contributed by atoms with Crippen LogP contribution in [0.15, 0.2) is 42.5 Å². The number of benzene rings is 1. The van der Waals surface area contributed by atoms with E-state index >= 15 is 0 Å². The maximum atomic E-state index is 13.4. The van der Waals surface area contributed by atoms with Crippen molar-refractivity contribution in [2.24, 2.45) is 5.92 Å². The molecule has 3 rings (SSSR count). The zero-order valence-corrected chi connectivity index (χ0v) is 17.0. The molecule has 0 N–H and O–H groups in total. The molecule has 0 saturated carbocycles. The molecule has 9 nitrogen and oxygen atoms in total. The molecule has 2 atom stereocenters. The molecule has 2 aromatic rings. The van der Waals surface area contributed by atoms with E-state index < -0.39 is 34.8 Å². The van der Waals surface area contributed by atoms with E-state index in [1.54, 1.807) is 31.2 Å². The number of hydrogen-bond donors (Lipinski definition) is 0. The SMILES string of the molecule is CCC(C(=O)OCC(C)C)N1C(=O)C(c2ccccc2)Oc2ccc([N+](=O)[O-])nc21. The minimum Gasteiger partial charge on any atom is -0.469 e. The summed E-state index contributed by atoms with van der Waals surface area (Å²) in [4.78, 5) is 41.9. The number of hydrogen-bond acceptors (Lipinski definition) is 7. The van der Waals surface area contributed by atoms with Gasteiger partial charge < -0.3 is 19.6 Å². The smallest absolute Gasteiger partial charge is 0.366 e. The molecule has 2 unspecified atom stereocenters. The number of fused-ring (bicyclic) bond motifs is 1. The lowest BCUT2D eigenvalue weighted by atomic mass is 10.0. The summed E-state index contributed by atoms with van der Waals surface area (Å²) < 4.78 is 11.2. The predicted octanol–water partition coefficient (Wildman–Crippen LogP) is 3.43. The van der Waals surface area contributed by atoms with E-state index in [1.165, 1.54) is 17.0 Å². The highest BCUT2D eigenvalue weighted by Gasteiger charge is 2.45. The van der Waals surface area contributed by atoms with Crippen molar-refractivity contribution in [1.29, 1.82) is 0 Å². The first kappa shape index (κ1) is 21.2. The van der Waals surface area contributed by atoms with Crippen molar-refractivity contribution < 1.29 is 24.0 Å². The van der Waals surface area contributed by atoms with Gasteiger partial charge in [0.05, 0.1) is 6.61 Å². The molecular weight excluding hydrogens is 390 g/mol. The lowest BCUT2D eigenvalue weighted by Crippen LogP contribution is -2.51. The Balaban J connectivity index is 2.07. The summed E-state index contributed by atoms with van der Waals surface area (Å²) in [5.41, 5.74) is 0.599. The van der Waals surface area contributed by atoms with E-state index in [0.717, 1.165) is 0 Å². The molecule has 2 heterocycles. The van der Waals surface area contributed by atoms with Crippen LogP contribution in [0.3, 0.4) is 0 Å². The standard InChI is InChI=1S/C21H23N3O6/c1-4-15(21(26)29-12-13(2)3)23-19-16(10-11-17(22-19)24(27)28)30-18(20(23)25)14-8-6-5-7-9-14/h5-11,13,15,18H,4,12H2,1-3H3. The van der Waals surface area contributed by atoms with Crippen LogP contribution in [-0.2, 0) is 14.3 Å². The molecular formula is C21H23N3O6. The fourth-order valence-corrected chi connectivity index (χ4v) is 3.14. The number of pyridine rings is 1. The predicted molar refractivity (Wildman–Crippen MR) is 108 cm³/mol. The van der Waals surface area contributed by atoms with E-state index in [-0.39, 0.29) is 30.5 Å². The monoisotopic (exact) mass is 413 g/mol. The van der Waals surface area contributed by atoms with E-state index in [1.807, 2.05) is 19.9 Å². The summed E-state index contributed by atoms with van der Waals surface area (Å²) in [6.07, 6.45) is -0.762. The van der Waals surface area contributed by atoms with Crippen molar-refractivity contribution in [3.8, 4) is 5.75 Å². The Bertz CT molecular complexity index is 947. The minimum atomic E-state index is -1.01. The zero-order chi connectivity index (χ0) is 21.8. The van der Waals surface area contributed by atoms with Gasteiger partial charge in [0.25, 0.3) is 11.7 Å². The lowest BCUT2D eigenvalue weighted by molar-refractivity contribution is -0.389. The fourth-order valence-electron chi connectivity index (χ4n) is 3.14. The number of esters is 1. The fraction of sp³-hybridized carbons (Fsp3) is 0.381. The maximum absolute atomic E-state index is 13.4. The van der Waals surface area contributed by atoms with Crippen LogP contribution < -0.4 is 9.64 Å². The Kier molecular flexibility index (Phi) is 6.29. The Morgan fingerprint density at radius 3 is 2.57 bits per heavy atom. The Hall–Kier alpha value is -3.49. The second-order valence-corrected chi connectivity index (χ2v) is 7.31. The van der Waals surface area contributed by atoms with Crippen LogP contribution in [0.4, 0.5) is 11.6 Å². The van der Waals surface area contributed by atoms with Crippen LogP contribution in [0.5, 0.6) is 5.75 Å². The van der Waals surface area contributed by atoms with Gasteiger partial charge >= 0.3 is 11.8 Å². The van der Waals surface area contributed by atoms with Crippen molar-refractivity contribution >= 4 is 23.5 Å². The Labute approximate surface area is 173 Å². The highest BCUT2D eigenvalue weighted by Crippen LogP contribution is 2.40. The molecule has 1 aliphatic heterocycles. The van der Waals surface area contributed by atoms with Crippen molar-refractivity contribution in [2.45, 2.75) is 39.3 Å². The Morgan fingerprint density at radius 1 is 1.27 bits per heavy atom. The molecule has 0 saturated heterocycles. The van der Waals surface area contributed by atoms with Gasteiger partial charge in [-0.2, -0.15) is 0 Å². The van der Waals surface area contributed by atoms with Gasteiger partial charge in [-0.3, -0.25) is 9.69 Å². The third kappa shape index (κ3) is 4.24. The number of carbonyl (C=O) groups excluding carboxylic acids is 2. The molecule has 0 spiro atoms. The summed E-state index contributed by atoms with van der Waals surface area (Å²) >= 11 is 0. The summed E-state index contributed by atoms with van der Waals surface area (Å²) in [7, 11) is 0. The maximum Gasteiger partial charge on any atom is 0.366 e. The molecule has 1 aromatic carbocycles. The largest absolute Gasteiger partial charge is 0.469 e. The van der Waals surface area contributed by atoms with Gasteiger partial charge in [0.15, 0.2) is 5.75 Å². The Morgan fingerprint density at radius 2 is 1.97 bits per heavy atom. The van der Waals surface area contributed by atoms with Crippen LogP contribution in [0.2, 0.25) is 0 Å². The molecule has 0 radical (unpaired) electrons. The van der Waals surface area contributed by atoms with Gasteiger partial charge in [-0.25, -0.2) is 4.79 Å². The molecule has 0 bridgehead atoms. The third-order valence-electron chi connectivity index (χ3n) is 4.58. The van der Waals surface area contributed by atoms with Crippen LogP contribution in [0.1, 0.15) is 38.9 Å². The number of anilines is 1. The normalized spacial score (nSPS) is 16.6. The first-order chi connectivity index (χ1) is 14.3. The third-order valence-corrected chi connectivity index (χ3v) is 4.58. The first-order valence-corrected chi connectivity index (χ1v) is 9.70. The molecule has 1 aromatic heterocycles. The van der Waals surface area contributed by atoms with Crippen LogP contribution in [0.25, 0.3) is 0 Å². The highest BCUT2D eigenvalue weighted by molar-refractivity contribution is 6.04. The summed E-state index contributed by atoms with van der Waals surface area (Å²) in [5, 5.41) is 11.2. The summed E-state index contributed by atoms with van der Waals surface area (Å²) in [6.45, 7) is 5.74.